The van der Waals surface area contributed by atoms with Crippen LogP contribution in [0.4, 0.5) is 0 Å². The number of hydrogen-bond donors (Lipinski definition) is 1. The van der Waals surface area contributed by atoms with Crippen LogP contribution in [0.2, 0.25) is 0 Å². The van der Waals surface area contributed by atoms with Gasteiger partial charge in [0, 0.05) is 0 Å². The summed E-state index contributed by atoms with van der Waals surface area (Å²) >= 11 is 0. The van der Waals surface area contributed by atoms with Crippen LogP contribution in [0, 0.1) is 5.92 Å². The van der Waals surface area contributed by atoms with E-state index in [9.17, 15) is 9.90 Å². The van der Waals surface area contributed by atoms with E-state index in [0.717, 1.165) is 25.7 Å². The zero-order chi connectivity index (χ0) is 21.4. The van der Waals surface area contributed by atoms with Gasteiger partial charge in [0.15, 0.2) is 0 Å². The maximum atomic E-state index is 11.5. The third kappa shape index (κ3) is 22.0. The molecule has 2 nitrogen and oxygen atoms in total. The molecule has 0 aromatic rings. The first-order chi connectivity index (χ1) is 14.2. The van der Waals surface area contributed by atoms with Crippen molar-refractivity contribution in [2.45, 2.75) is 162 Å². The molecule has 0 spiro atoms. The summed E-state index contributed by atoms with van der Waals surface area (Å²) in [6, 6.07) is 0. The fraction of sp³-hybridized carbons (Fsp3) is 0.963. The smallest absolute Gasteiger partial charge is 0.306 e. The fourth-order valence-corrected chi connectivity index (χ4v) is 4.32. The molecule has 1 N–H and O–H groups in total. The highest BCUT2D eigenvalue weighted by Crippen LogP contribution is 2.20. The van der Waals surface area contributed by atoms with Crippen molar-refractivity contribution in [1.29, 1.82) is 0 Å². The molecule has 0 radical (unpaired) electrons. The van der Waals surface area contributed by atoms with Gasteiger partial charge in [0.1, 0.15) is 0 Å². The van der Waals surface area contributed by atoms with Gasteiger partial charge < -0.3 is 5.11 Å². The van der Waals surface area contributed by atoms with Gasteiger partial charge in [0.05, 0.1) is 5.92 Å². The third-order valence-electron chi connectivity index (χ3n) is 6.41. The Balaban J connectivity index is 3.44. The number of carbonyl (C=O) groups is 1. The quantitative estimate of drug-likeness (QED) is 0.161. The zero-order valence-electron chi connectivity index (χ0n) is 20.2. The molecule has 0 aromatic heterocycles. The van der Waals surface area contributed by atoms with E-state index >= 15 is 0 Å². The summed E-state index contributed by atoms with van der Waals surface area (Å²) in [6.45, 7) is 4.54. The molecule has 0 saturated carbocycles. The Morgan fingerprint density at radius 3 is 0.966 bits per heavy atom. The molecule has 2 heteroatoms. The van der Waals surface area contributed by atoms with Gasteiger partial charge in [-0.05, 0) is 12.8 Å². The molecular weight excluding hydrogens is 356 g/mol. The van der Waals surface area contributed by atoms with E-state index in [4.69, 9.17) is 0 Å². The van der Waals surface area contributed by atoms with Gasteiger partial charge in [0.2, 0.25) is 0 Å². The Bertz CT molecular complexity index is 326. The first kappa shape index (κ1) is 28.5. The lowest BCUT2D eigenvalue weighted by atomic mass is 9.94. The Morgan fingerprint density at radius 1 is 0.483 bits per heavy atom. The van der Waals surface area contributed by atoms with Crippen LogP contribution in [0.5, 0.6) is 0 Å². The van der Waals surface area contributed by atoms with Crippen molar-refractivity contribution in [1.82, 2.24) is 0 Å². The lowest BCUT2D eigenvalue weighted by molar-refractivity contribution is -0.142. The molecule has 0 aliphatic rings. The Morgan fingerprint density at radius 2 is 0.724 bits per heavy atom. The lowest BCUT2D eigenvalue weighted by Gasteiger charge is -2.12. The molecule has 0 aromatic carbocycles. The zero-order valence-corrected chi connectivity index (χ0v) is 20.2. The van der Waals surface area contributed by atoms with E-state index in [0.29, 0.717) is 0 Å². The van der Waals surface area contributed by atoms with Crippen molar-refractivity contribution < 1.29 is 9.90 Å². The minimum atomic E-state index is -0.562. The minimum absolute atomic E-state index is 0.0948. The van der Waals surface area contributed by atoms with Crippen LogP contribution >= 0.6 is 0 Å². The summed E-state index contributed by atoms with van der Waals surface area (Å²) < 4.78 is 0. The number of rotatable bonds is 24. The number of hydrogen-bond acceptors (Lipinski definition) is 1. The van der Waals surface area contributed by atoms with Gasteiger partial charge in [-0.3, -0.25) is 4.79 Å². The van der Waals surface area contributed by atoms with Gasteiger partial charge >= 0.3 is 5.97 Å². The normalized spacial score (nSPS) is 12.3. The fourth-order valence-electron chi connectivity index (χ4n) is 4.32. The molecule has 0 bridgehead atoms. The molecule has 0 amide bonds. The van der Waals surface area contributed by atoms with E-state index in [-0.39, 0.29) is 5.92 Å². The molecule has 0 fully saturated rings. The topological polar surface area (TPSA) is 37.3 Å². The van der Waals surface area contributed by atoms with Crippen molar-refractivity contribution in [3.8, 4) is 0 Å². The van der Waals surface area contributed by atoms with Crippen LogP contribution < -0.4 is 0 Å². The van der Waals surface area contributed by atoms with Crippen molar-refractivity contribution in [3.63, 3.8) is 0 Å². The largest absolute Gasteiger partial charge is 0.481 e. The summed E-state index contributed by atoms with van der Waals surface area (Å²) in [4.78, 5) is 11.5. The van der Waals surface area contributed by atoms with E-state index in [1.807, 2.05) is 0 Å². The molecule has 1 atom stereocenters. The molecule has 0 aliphatic heterocycles. The van der Waals surface area contributed by atoms with Crippen LogP contribution in [0.25, 0.3) is 0 Å². The number of aliphatic carboxylic acids is 1. The average Bonchev–Trinajstić information content (AvgIpc) is 2.71. The van der Waals surface area contributed by atoms with Gasteiger partial charge in [-0.25, -0.2) is 0 Å². The number of unbranched alkanes of at least 4 members (excludes halogenated alkanes) is 19. The number of carboxylic acid groups (broad SMARTS) is 1. The summed E-state index contributed by atoms with van der Waals surface area (Å²) in [7, 11) is 0. The predicted molar refractivity (Wildman–Crippen MR) is 129 cm³/mol. The third-order valence-corrected chi connectivity index (χ3v) is 6.41. The average molecular weight is 411 g/mol. The summed E-state index contributed by atoms with van der Waals surface area (Å²) in [5.41, 5.74) is 0. The Kier molecular flexibility index (Phi) is 23.3. The molecule has 1 unspecified atom stereocenters. The van der Waals surface area contributed by atoms with Crippen molar-refractivity contribution in [2.75, 3.05) is 0 Å². The lowest BCUT2D eigenvalue weighted by Crippen LogP contribution is -2.13. The van der Waals surface area contributed by atoms with Crippen LogP contribution in [0.1, 0.15) is 162 Å². The van der Waals surface area contributed by atoms with E-state index in [1.165, 1.54) is 122 Å². The maximum Gasteiger partial charge on any atom is 0.306 e. The Hall–Kier alpha value is -0.530. The summed E-state index contributed by atoms with van der Waals surface area (Å²) in [5, 5.41) is 9.48. The second-order valence-electron chi connectivity index (χ2n) is 9.33. The van der Waals surface area contributed by atoms with Gasteiger partial charge in [-0.1, -0.05) is 149 Å². The van der Waals surface area contributed by atoms with Gasteiger partial charge in [-0.2, -0.15) is 0 Å². The van der Waals surface area contributed by atoms with E-state index in [1.54, 1.807) is 0 Å². The first-order valence-corrected chi connectivity index (χ1v) is 13.4. The highest BCUT2D eigenvalue weighted by atomic mass is 16.4. The molecule has 0 aliphatic carbocycles. The second kappa shape index (κ2) is 23.7. The highest BCUT2D eigenvalue weighted by molar-refractivity contribution is 5.69. The molecule has 0 rings (SSSR count). The van der Waals surface area contributed by atoms with Crippen molar-refractivity contribution in [3.05, 3.63) is 0 Å². The molecule has 174 valence electrons. The summed E-state index contributed by atoms with van der Waals surface area (Å²) in [6.07, 6.45) is 29.6. The Labute approximate surface area is 183 Å². The van der Waals surface area contributed by atoms with Crippen LogP contribution in [-0.4, -0.2) is 11.1 Å². The van der Waals surface area contributed by atoms with Gasteiger partial charge in [-0.15, -0.1) is 0 Å². The van der Waals surface area contributed by atoms with Crippen molar-refractivity contribution >= 4 is 5.97 Å². The van der Waals surface area contributed by atoms with Crippen LogP contribution in [0.15, 0.2) is 0 Å². The van der Waals surface area contributed by atoms with Crippen LogP contribution in [-0.2, 0) is 4.79 Å². The predicted octanol–water partition coefficient (Wildman–Crippen LogP) is 9.70. The molecular formula is C27H54O2. The molecule has 0 saturated heterocycles. The number of carboxylic acids is 1. The van der Waals surface area contributed by atoms with Crippen molar-refractivity contribution in [2.24, 2.45) is 5.92 Å². The minimum Gasteiger partial charge on any atom is -0.481 e. The highest BCUT2D eigenvalue weighted by Gasteiger charge is 2.16. The summed E-state index contributed by atoms with van der Waals surface area (Å²) in [5.74, 6) is -0.657. The SMILES string of the molecule is CCCCCCCCCCCCCC(CCCCCCCCCCCC)C(=O)O. The first-order valence-electron chi connectivity index (χ1n) is 13.4. The van der Waals surface area contributed by atoms with Crippen LogP contribution in [0.3, 0.4) is 0 Å². The van der Waals surface area contributed by atoms with E-state index < -0.39 is 5.97 Å². The second-order valence-corrected chi connectivity index (χ2v) is 9.33. The van der Waals surface area contributed by atoms with Gasteiger partial charge in [0.25, 0.3) is 0 Å². The molecule has 29 heavy (non-hydrogen) atoms. The molecule has 0 heterocycles. The monoisotopic (exact) mass is 410 g/mol. The standard InChI is InChI=1S/C27H54O2/c1-3-5-7-9-11-13-15-17-19-21-23-25-26(27(28)29)24-22-20-18-16-14-12-10-8-6-4-2/h26H,3-25H2,1-2H3,(H,28,29). The maximum absolute atomic E-state index is 11.5. The van der Waals surface area contributed by atoms with E-state index in [2.05, 4.69) is 13.8 Å².